The molecule has 120 valence electrons. The summed E-state index contributed by atoms with van der Waals surface area (Å²) in [6.45, 7) is 15.7. The Hall–Kier alpha value is -0.870. The molecule has 3 atom stereocenters. The summed E-state index contributed by atoms with van der Waals surface area (Å²) in [6, 6.07) is 0. The van der Waals surface area contributed by atoms with Crippen LogP contribution in [-0.2, 0) is 14.3 Å². The van der Waals surface area contributed by atoms with E-state index in [1.165, 1.54) is 6.08 Å². The van der Waals surface area contributed by atoms with Crippen molar-refractivity contribution in [2.24, 2.45) is 5.92 Å². The Morgan fingerprint density at radius 2 is 1.86 bits per heavy atom. The molecule has 0 aromatic rings. The zero-order valence-electron chi connectivity index (χ0n) is 14.1. The number of ether oxygens (including phenoxy) is 2. The van der Waals surface area contributed by atoms with E-state index in [9.17, 15) is 4.79 Å². The molecule has 4 nitrogen and oxygen atoms in total. The Morgan fingerprint density at radius 3 is 2.29 bits per heavy atom. The minimum atomic E-state index is -0.562. The van der Waals surface area contributed by atoms with Crippen LogP contribution in [0.25, 0.3) is 0 Å². The van der Waals surface area contributed by atoms with Gasteiger partial charge in [0, 0.05) is 23.4 Å². The van der Waals surface area contributed by atoms with Crippen molar-refractivity contribution in [2.45, 2.75) is 70.7 Å². The maximum atomic E-state index is 12.6. The molecule has 0 saturated carbocycles. The number of carbonyl (C=O) groups is 1. The number of carbonyl (C=O) groups excluding carboxylic acids is 1. The minimum absolute atomic E-state index is 0.00315. The fourth-order valence-corrected chi connectivity index (χ4v) is 4.23. The second-order valence-corrected chi connectivity index (χ2v) is 6.85. The summed E-state index contributed by atoms with van der Waals surface area (Å²) in [5, 5.41) is 0. The van der Waals surface area contributed by atoms with Gasteiger partial charge >= 0.3 is 0 Å². The van der Waals surface area contributed by atoms with Gasteiger partial charge in [0.1, 0.15) is 0 Å². The molecule has 0 N–H and O–H groups in total. The third-order valence-electron chi connectivity index (χ3n) is 5.92. The van der Waals surface area contributed by atoms with Crippen molar-refractivity contribution in [3.05, 3.63) is 12.7 Å². The number of likely N-dealkylation sites (tertiary alicyclic amines) is 1. The normalized spacial score (nSPS) is 38.7. The van der Waals surface area contributed by atoms with Crippen molar-refractivity contribution in [3.8, 4) is 0 Å². The smallest absolute Gasteiger partial charge is 0.246 e. The van der Waals surface area contributed by atoms with Crippen LogP contribution in [0.3, 0.4) is 0 Å². The highest BCUT2D eigenvalue weighted by atomic mass is 16.7. The maximum Gasteiger partial charge on any atom is 0.246 e. The molecule has 1 spiro atoms. The van der Waals surface area contributed by atoms with Gasteiger partial charge in [0.2, 0.25) is 5.91 Å². The van der Waals surface area contributed by atoms with E-state index < -0.39 is 5.79 Å². The molecule has 4 heteroatoms. The van der Waals surface area contributed by atoms with E-state index in [1.54, 1.807) is 0 Å². The lowest BCUT2D eigenvalue weighted by atomic mass is 9.66. The molecule has 0 aromatic carbocycles. The third-order valence-corrected chi connectivity index (χ3v) is 5.92. The maximum absolute atomic E-state index is 12.6. The van der Waals surface area contributed by atoms with E-state index in [0.717, 1.165) is 12.8 Å². The highest BCUT2D eigenvalue weighted by Gasteiger charge is 2.62. The Bertz CT molecular complexity index is 430. The van der Waals surface area contributed by atoms with Crippen molar-refractivity contribution >= 4 is 5.91 Å². The van der Waals surface area contributed by atoms with Gasteiger partial charge in [-0.1, -0.05) is 27.4 Å². The van der Waals surface area contributed by atoms with Gasteiger partial charge in [-0.2, -0.15) is 0 Å². The van der Waals surface area contributed by atoms with E-state index in [0.29, 0.717) is 19.6 Å². The van der Waals surface area contributed by atoms with Crippen molar-refractivity contribution in [1.82, 2.24) is 4.90 Å². The first kappa shape index (κ1) is 16.5. The molecule has 0 bridgehead atoms. The lowest BCUT2D eigenvalue weighted by molar-refractivity contribution is -0.274. The first-order valence-corrected chi connectivity index (χ1v) is 8.04. The van der Waals surface area contributed by atoms with Crippen LogP contribution in [0.1, 0.15) is 53.9 Å². The van der Waals surface area contributed by atoms with Crippen molar-refractivity contribution in [1.29, 1.82) is 0 Å². The Labute approximate surface area is 128 Å². The van der Waals surface area contributed by atoms with Crippen LogP contribution in [0.2, 0.25) is 0 Å². The third kappa shape index (κ3) is 2.23. The summed E-state index contributed by atoms with van der Waals surface area (Å²) in [7, 11) is 0. The minimum Gasteiger partial charge on any atom is -0.347 e. The zero-order valence-corrected chi connectivity index (χ0v) is 14.1. The molecule has 3 unspecified atom stereocenters. The molecular weight excluding hydrogens is 266 g/mol. The molecule has 0 aliphatic carbocycles. The van der Waals surface area contributed by atoms with Crippen molar-refractivity contribution in [2.75, 3.05) is 13.2 Å². The first-order valence-electron chi connectivity index (χ1n) is 8.04. The monoisotopic (exact) mass is 295 g/mol. The molecule has 2 heterocycles. The first-order chi connectivity index (χ1) is 9.79. The van der Waals surface area contributed by atoms with Gasteiger partial charge in [0.15, 0.2) is 5.79 Å². The summed E-state index contributed by atoms with van der Waals surface area (Å²) in [6.07, 6.45) is 3.87. The highest BCUT2D eigenvalue weighted by molar-refractivity contribution is 5.88. The van der Waals surface area contributed by atoms with Crippen LogP contribution >= 0.6 is 0 Å². The molecule has 0 aromatic heterocycles. The predicted molar refractivity (Wildman–Crippen MR) is 82.9 cm³/mol. The molecule has 21 heavy (non-hydrogen) atoms. The Morgan fingerprint density at radius 1 is 1.29 bits per heavy atom. The van der Waals surface area contributed by atoms with E-state index in [-0.39, 0.29) is 22.9 Å². The van der Waals surface area contributed by atoms with Gasteiger partial charge in [-0.05, 0) is 32.8 Å². The summed E-state index contributed by atoms with van der Waals surface area (Å²) >= 11 is 0. The number of nitrogens with zero attached hydrogens (tertiary/aromatic N) is 1. The van der Waals surface area contributed by atoms with Crippen LogP contribution in [-0.4, -0.2) is 40.9 Å². The van der Waals surface area contributed by atoms with Crippen molar-refractivity contribution in [3.63, 3.8) is 0 Å². The van der Waals surface area contributed by atoms with Crippen LogP contribution < -0.4 is 0 Å². The van der Waals surface area contributed by atoms with Gasteiger partial charge in [-0.3, -0.25) is 4.79 Å². The summed E-state index contributed by atoms with van der Waals surface area (Å²) in [4.78, 5) is 14.6. The lowest BCUT2D eigenvalue weighted by Gasteiger charge is -2.62. The molecule has 0 radical (unpaired) electrons. The van der Waals surface area contributed by atoms with Gasteiger partial charge in [0.25, 0.3) is 0 Å². The summed E-state index contributed by atoms with van der Waals surface area (Å²) < 4.78 is 12.1. The second kappa shape index (κ2) is 5.40. The standard InChI is InChI=1S/C17H29NO3/c1-7-14(19)18-15(5,8-2)12-17(20-10-11-21-17)13(4)16(18,6)9-3/h7,13H,1,8-12H2,2-6H3. The Balaban J connectivity index is 2.55. The highest BCUT2D eigenvalue weighted by Crippen LogP contribution is 2.53. The molecule has 1 amide bonds. The van der Waals surface area contributed by atoms with Crippen LogP contribution in [0, 0.1) is 5.92 Å². The number of hydrogen-bond donors (Lipinski definition) is 0. The van der Waals surface area contributed by atoms with E-state index >= 15 is 0 Å². The molecule has 2 rings (SSSR count). The number of rotatable bonds is 3. The van der Waals surface area contributed by atoms with Crippen LogP contribution in [0.4, 0.5) is 0 Å². The fraction of sp³-hybridized carbons (Fsp3) is 0.824. The zero-order chi connectivity index (χ0) is 15.9. The molecular formula is C17H29NO3. The SMILES string of the molecule is C=CC(=O)N1C(C)(CC)CC2(OCCO2)C(C)C1(C)CC. The lowest BCUT2D eigenvalue weighted by Crippen LogP contribution is -2.73. The summed E-state index contributed by atoms with van der Waals surface area (Å²) in [5.41, 5.74) is -0.592. The van der Waals surface area contributed by atoms with E-state index in [1.807, 2.05) is 4.90 Å². The van der Waals surface area contributed by atoms with Gasteiger partial charge < -0.3 is 14.4 Å². The molecule has 2 fully saturated rings. The largest absolute Gasteiger partial charge is 0.347 e. The molecule has 2 saturated heterocycles. The topological polar surface area (TPSA) is 38.8 Å². The van der Waals surface area contributed by atoms with E-state index in [4.69, 9.17) is 9.47 Å². The van der Waals surface area contributed by atoms with Gasteiger partial charge in [-0.25, -0.2) is 0 Å². The number of piperidine rings is 1. The van der Waals surface area contributed by atoms with Gasteiger partial charge in [-0.15, -0.1) is 0 Å². The second-order valence-electron chi connectivity index (χ2n) is 6.85. The van der Waals surface area contributed by atoms with Crippen LogP contribution in [0.15, 0.2) is 12.7 Å². The molecule has 2 aliphatic heterocycles. The number of hydrogen-bond acceptors (Lipinski definition) is 3. The molecule has 2 aliphatic rings. The average Bonchev–Trinajstić information content (AvgIpc) is 2.94. The Kier molecular flexibility index (Phi) is 4.24. The van der Waals surface area contributed by atoms with Crippen molar-refractivity contribution < 1.29 is 14.3 Å². The fourth-order valence-electron chi connectivity index (χ4n) is 4.23. The van der Waals surface area contributed by atoms with Crippen LogP contribution in [0.5, 0.6) is 0 Å². The van der Waals surface area contributed by atoms with E-state index in [2.05, 4.69) is 41.2 Å². The number of amides is 1. The summed E-state index contributed by atoms with van der Waals surface area (Å²) in [5.74, 6) is -0.447. The van der Waals surface area contributed by atoms with Gasteiger partial charge in [0.05, 0.1) is 13.2 Å². The average molecular weight is 295 g/mol. The predicted octanol–water partition coefficient (Wildman–Crippen LogP) is 3.12. The quantitative estimate of drug-likeness (QED) is 0.751.